The normalized spacial score (nSPS) is 14.2. The average Bonchev–Trinajstić information content (AvgIpc) is 2.15. The SMILES string of the molecule is CC(C)Cc1ccc(C(N)C(F)(F)F)cc1. The van der Waals surface area contributed by atoms with E-state index in [4.69, 9.17) is 5.73 Å². The van der Waals surface area contributed by atoms with Gasteiger partial charge < -0.3 is 5.73 Å². The number of halogens is 3. The van der Waals surface area contributed by atoms with Crippen molar-refractivity contribution in [3.63, 3.8) is 0 Å². The van der Waals surface area contributed by atoms with Crippen molar-refractivity contribution in [1.29, 1.82) is 0 Å². The van der Waals surface area contributed by atoms with Crippen LogP contribution in [-0.2, 0) is 6.42 Å². The molecule has 0 bridgehead atoms. The lowest BCUT2D eigenvalue weighted by molar-refractivity contribution is -0.149. The molecule has 1 atom stereocenters. The van der Waals surface area contributed by atoms with Crippen LogP contribution < -0.4 is 5.73 Å². The topological polar surface area (TPSA) is 26.0 Å². The molecular weight excluding hydrogens is 215 g/mol. The number of benzene rings is 1. The first-order valence-electron chi connectivity index (χ1n) is 5.22. The predicted octanol–water partition coefficient (Wildman–Crippen LogP) is 3.45. The monoisotopic (exact) mass is 231 g/mol. The Morgan fingerprint density at radius 1 is 1.12 bits per heavy atom. The van der Waals surface area contributed by atoms with E-state index in [1.165, 1.54) is 12.1 Å². The van der Waals surface area contributed by atoms with Gasteiger partial charge in [-0.25, -0.2) is 0 Å². The highest BCUT2D eigenvalue weighted by Gasteiger charge is 2.37. The number of rotatable bonds is 3. The van der Waals surface area contributed by atoms with Gasteiger partial charge in [0, 0.05) is 0 Å². The van der Waals surface area contributed by atoms with Crippen LogP contribution >= 0.6 is 0 Å². The van der Waals surface area contributed by atoms with Gasteiger partial charge in [-0.3, -0.25) is 0 Å². The van der Waals surface area contributed by atoms with Crippen LogP contribution in [0.2, 0.25) is 0 Å². The Labute approximate surface area is 93.5 Å². The molecule has 0 amide bonds. The third kappa shape index (κ3) is 3.52. The highest BCUT2D eigenvalue weighted by atomic mass is 19.4. The Morgan fingerprint density at radius 2 is 1.62 bits per heavy atom. The maximum atomic E-state index is 12.3. The number of hydrogen-bond acceptors (Lipinski definition) is 1. The molecule has 1 unspecified atom stereocenters. The van der Waals surface area contributed by atoms with E-state index in [1.54, 1.807) is 12.1 Å². The zero-order chi connectivity index (χ0) is 12.3. The summed E-state index contributed by atoms with van der Waals surface area (Å²) < 4.78 is 37.0. The van der Waals surface area contributed by atoms with Crippen LogP contribution in [0.25, 0.3) is 0 Å². The molecule has 16 heavy (non-hydrogen) atoms. The molecule has 1 aromatic rings. The Balaban J connectivity index is 2.79. The maximum absolute atomic E-state index is 12.3. The summed E-state index contributed by atoms with van der Waals surface area (Å²) in [7, 11) is 0. The third-order valence-corrected chi connectivity index (χ3v) is 2.34. The molecule has 0 heterocycles. The average molecular weight is 231 g/mol. The fraction of sp³-hybridized carbons (Fsp3) is 0.500. The van der Waals surface area contributed by atoms with Crippen LogP contribution in [-0.4, -0.2) is 6.18 Å². The molecule has 1 aromatic carbocycles. The maximum Gasteiger partial charge on any atom is 0.407 e. The van der Waals surface area contributed by atoms with Crippen LogP contribution in [0.15, 0.2) is 24.3 Å². The van der Waals surface area contributed by atoms with E-state index in [0.717, 1.165) is 12.0 Å². The van der Waals surface area contributed by atoms with Crippen molar-refractivity contribution in [3.05, 3.63) is 35.4 Å². The van der Waals surface area contributed by atoms with Gasteiger partial charge in [0.05, 0.1) is 0 Å². The van der Waals surface area contributed by atoms with Crippen LogP contribution in [0.1, 0.15) is 31.0 Å². The minimum atomic E-state index is -4.38. The van der Waals surface area contributed by atoms with E-state index in [-0.39, 0.29) is 5.56 Å². The Kier molecular flexibility index (Phi) is 3.97. The Bertz CT molecular complexity index is 327. The number of nitrogens with two attached hydrogens (primary N) is 1. The highest BCUT2D eigenvalue weighted by molar-refractivity contribution is 5.26. The Morgan fingerprint density at radius 3 is 2.00 bits per heavy atom. The van der Waals surface area contributed by atoms with E-state index < -0.39 is 12.2 Å². The molecule has 0 aromatic heterocycles. The fourth-order valence-corrected chi connectivity index (χ4v) is 1.52. The quantitative estimate of drug-likeness (QED) is 0.847. The first-order chi connectivity index (χ1) is 7.30. The van der Waals surface area contributed by atoms with Crippen molar-refractivity contribution in [3.8, 4) is 0 Å². The van der Waals surface area contributed by atoms with Gasteiger partial charge >= 0.3 is 6.18 Å². The standard InChI is InChI=1S/C12H16F3N/c1-8(2)7-9-3-5-10(6-4-9)11(16)12(13,14)15/h3-6,8,11H,7,16H2,1-2H3. The molecule has 1 rings (SSSR count). The van der Waals surface area contributed by atoms with E-state index in [1.807, 2.05) is 0 Å². The summed E-state index contributed by atoms with van der Waals surface area (Å²) >= 11 is 0. The van der Waals surface area contributed by atoms with Gasteiger partial charge in [0.2, 0.25) is 0 Å². The van der Waals surface area contributed by atoms with Gasteiger partial charge in [-0.05, 0) is 23.5 Å². The molecule has 0 aliphatic rings. The van der Waals surface area contributed by atoms with Crippen molar-refractivity contribution >= 4 is 0 Å². The van der Waals surface area contributed by atoms with Gasteiger partial charge in [0.15, 0.2) is 0 Å². The van der Waals surface area contributed by atoms with Crippen molar-refractivity contribution in [1.82, 2.24) is 0 Å². The summed E-state index contributed by atoms with van der Waals surface area (Å²) in [4.78, 5) is 0. The van der Waals surface area contributed by atoms with Crippen molar-refractivity contribution in [2.75, 3.05) is 0 Å². The van der Waals surface area contributed by atoms with Crippen LogP contribution in [0.4, 0.5) is 13.2 Å². The second kappa shape index (κ2) is 4.87. The van der Waals surface area contributed by atoms with Gasteiger partial charge in [-0.1, -0.05) is 38.1 Å². The largest absolute Gasteiger partial charge is 0.407 e. The molecule has 0 aliphatic carbocycles. The van der Waals surface area contributed by atoms with Gasteiger partial charge in [-0.15, -0.1) is 0 Å². The fourth-order valence-electron chi connectivity index (χ4n) is 1.52. The third-order valence-electron chi connectivity index (χ3n) is 2.34. The van der Waals surface area contributed by atoms with Gasteiger partial charge in [0.25, 0.3) is 0 Å². The molecule has 0 spiro atoms. The van der Waals surface area contributed by atoms with Crippen LogP contribution in [0, 0.1) is 5.92 Å². The predicted molar refractivity (Wildman–Crippen MR) is 58.0 cm³/mol. The van der Waals surface area contributed by atoms with E-state index >= 15 is 0 Å². The van der Waals surface area contributed by atoms with Crippen molar-refractivity contribution in [2.24, 2.45) is 11.7 Å². The molecule has 0 radical (unpaired) electrons. The smallest absolute Gasteiger partial charge is 0.316 e. The molecular formula is C12H16F3N. The first kappa shape index (κ1) is 13.0. The molecule has 90 valence electrons. The van der Waals surface area contributed by atoms with Crippen molar-refractivity contribution < 1.29 is 13.2 Å². The lowest BCUT2D eigenvalue weighted by Crippen LogP contribution is -2.28. The lowest BCUT2D eigenvalue weighted by Gasteiger charge is -2.16. The molecule has 0 aliphatic heterocycles. The lowest BCUT2D eigenvalue weighted by atomic mass is 9.99. The molecule has 0 saturated carbocycles. The molecule has 0 saturated heterocycles. The molecule has 2 N–H and O–H groups in total. The summed E-state index contributed by atoms with van der Waals surface area (Å²) in [6.45, 7) is 4.13. The summed E-state index contributed by atoms with van der Waals surface area (Å²) in [5, 5.41) is 0. The molecule has 4 heteroatoms. The summed E-state index contributed by atoms with van der Waals surface area (Å²) in [6, 6.07) is 4.44. The highest BCUT2D eigenvalue weighted by Crippen LogP contribution is 2.30. The van der Waals surface area contributed by atoms with Gasteiger partial charge in [0.1, 0.15) is 6.04 Å². The molecule has 1 nitrogen and oxygen atoms in total. The van der Waals surface area contributed by atoms with E-state index in [2.05, 4.69) is 13.8 Å². The summed E-state index contributed by atoms with van der Waals surface area (Å²) in [5.74, 6) is 0.488. The van der Waals surface area contributed by atoms with Crippen LogP contribution in [0.3, 0.4) is 0 Å². The minimum absolute atomic E-state index is 0.111. The number of alkyl halides is 3. The second-order valence-electron chi connectivity index (χ2n) is 4.36. The summed E-state index contributed by atoms with van der Waals surface area (Å²) in [6.07, 6.45) is -3.51. The summed E-state index contributed by atoms with van der Waals surface area (Å²) in [5.41, 5.74) is 6.24. The molecule has 0 fully saturated rings. The van der Waals surface area contributed by atoms with Crippen LogP contribution in [0.5, 0.6) is 0 Å². The van der Waals surface area contributed by atoms with E-state index in [0.29, 0.717) is 5.92 Å². The second-order valence-corrected chi connectivity index (χ2v) is 4.36. The van der Waals surface area contributed by atoms with Gasteiger partial charge in [-0.2, -0.15) is 13.2 Å². The first-order valence-corrected chi connectivity index (χ1v) is 5.22. The zero-order valence-corrected chi connectivity index (χ0v) is 9.38. The zero-order valence-electron chi connectivity index (χ0n) is 9.38. The number of hydrogen-bond donors (Lipinski definition) is 1. The minimum Gasteiger partial charge on any atom is -0.316 e. The Hall–Kier alpha value is -1.03. The van der Waals surface area contributed by atoms with Crippen molar-refractivity contribution in [2.45, 2.75) is 32.5 Å². The van der Waals surface area contributed by atoms with E-state index in [9.17, 15) is 13.2 Å².